The molecule has 0 saturated carbocycles. The molecule has 2 rings (SSSR count). The first-order valence-corrected chi connectivity index (χ1v) is 6.46. The minimum absolute atomic E-state index is 0.114. The number of hydrogen-bond acceptors (Lipinski definition) is 4. The van der Waals surface area contributed by atoms with E-state index in [1.165, 1.54) is 0 Å². The number of pyridine rings is 1. The van der Waals surface area contributed by atoms with Gasteiger partial charge in [0.05, 0.1) is 6.54 Å². The van der Waals surface area contributed by atoms with Gasteiger partial charge in [-0.25, -0.2) is 4.98 Å². The predicted octanol–water partition coefficient (Wildman–Crippen LogP) is 1.75. The molecule has 6 heteroatoms. The highest BCUT2D eigenvalue weighted by molar-refractivity contribution is 8.27. The zero-order valence-electron chi connectivity index (χ0n) is 8.35. The molecule has 1 aliphatic heterocycles. The summed E-state index contributed by atoms with van der Waals surface area (Å²) in [5.74, 6) is 0.817. The van der Waals surface area contributed by atoms with Gasteiger partial charge in [0.1, 0.15) is 5.15 Å². The Balaban J connectivity index is 2.09. The molecule has 0 amide bonds. The van der Waals surface area contributed by atoms with Gasteiger partial charge in [0.2, 0.25) is 0 Å². The van der Waals surface area contributed by atoms with Crippen LogP contribution in [-0.2, 0) is 5.75 Å². The molecule has 0 spiro atoms. The molecular weight excluding hydrogens is 244 g/mol. The fourth-order valence-corrected chi connectivity index (χ4v) is 3.05. The zero-order chi connectivity index (χ0) is 11.4. The number of aromatic nitrogens is 1. The smallest absolute Gasteiger partial charge is 0.183 e. The second-order valence-corrected chi connectivity index (χ2v) is 5.37. The number of amidine groups is 1. The fourth-order valence-electron chi connectivity index (χ4n) is 1.32. The summed E-state index contributed by atoms with van der Waals surface area (Å²) in [6, 6.07) is 3.71. The molecular formula is C10H9ClN4S. The summed E-state index contributed by atoms with van der Waals surface area (Å²) < 4.78 is 0. The lowest BCUT2D eigenvalue weighted by Crippen LogP contribution is -2.14. The normalized spacial score (nSPS) is 18.5. The fraction of sp³-hybridized carbons (Fsp3) is 0.200. The average Bonchev–Trinajstić information content (AvgIpc) is 2.70. The van der Waals surface area contributed by atoms with Gasteiger partial charge in [-0.05, 0) is 17.0 Å². The third-order valence-corrected chi connectivity index (χ3v) is 4.18. The van der Waals surface area contributed by atoms with Gasteiger partial charge in [-0.1, -0.05) is 17.7 Å². The van der Waals surface area contributed by atoms with Gasteiger partial charge in [-0.15, -0.1) is 10.5 Å². The van der Waals surface area contributed by atoms with E-state index >= 15 is 0 Å². The zero-order valence-corrected chi connectivity index (χ0v) is 9.92. The maximum Gasteiger partial charge on any atom is 0.183 e. The van der Waals surface area contributed by atoms with Gasteiger partial charge in [0.15, 0.2) is 11.4 Å². The van der Waals surface area contributed by atoms with Crippen molar-refractivity contribution in [3.05, 3.63) is 29.0 Å². The minimum atomic E-state index is -0.114. The maximum atomic E-state index is 8.57. The summed E-state index contributed by atoms with van der Waals surface area (Å²) in [6.45, 7) is 0.675. The van der Waals surface area contributed by atoms with Crippen LogP contribution in [0.1, 0.15) is 5.56 Å². The second kappa shape index (κ2) is 5.10. The molecule has 4 nitrogen and oxygen atoms in total. The molecule has 0 radical (unpaired) electrons. The monoisotopic (exact) mass is 252 g/mol. The number of rotatable bonds is 2. The SMILES string of the molecule is N#CNC1=NCC=S1Cc1ccc(Cl)nc1. The Kier molecular flexibility index (Phi) is 3.54. The second-order valence-electron chi connectivity index (χ2n) is 3.11. The summed E-state index contributed by atoms with van der Waals surface area (Å²) in [7, 11) is -0.114. The molecule has 0 aromatic carbocycles. The average molecular weight is 253 g/mol. The predicted molar refractivity (Wildman–Crippen MR) is 67.7 cm³/mol. The third-order valence-electron chi connectivity index (χ3n) is 2.03. The Morgan fingerprint density at radius 2 is 2.44 bits per heavy atom. The lowest BCUT2D eigenvalue weighted by Gasteiger charge is -2.06. The molecule has 2 heterocycles. The summed E-state index contributed by atoms with van der Waals surface area (Å²) in [5, 5.41) is 14.5. The third kappa shape index (κ3) is 2.60. The van der Waals surface area contributed by atoms with Crippen LogP contribution in [0.5, 0.6) is 0 Å². The molecule has 0 aliphatic carbocycles. The van der Waals surface area contributed by atoms with E-state index in [4.69, 9.17) is 16.9 Å². The Morgan fingerprint density at radius 1 is 1.56 bits per heavy atom. The Bertz CT molecular complexity index is 487. The van der Waals surface area contributed by atoms with E-state index in [1.807, 2.05) is 12.3 Å². The van der Waals surface area contributed by atoms with E-state index in [-0.39, 0.29) is 10.5 Å². The van der Waals surface area contributed by atoms with Crippen molar-refractivity contribution in [2.24, 2.45) is 4.99 Å². The summed E-state index contributed by atoms with van der Waals surface area (Å²) in [6.07, 6.45) is 3.66. The van der Waals surface area contributed by atoms with Crippen molar-refractivity contribution in [2.45, 2.75) is 5.75 Å². The van der Waals surface area contributed by atoms with Crippen LogP contribution in [0.3, 0.4) is 0 Å². The van der Waals surface area contributed by atoms with Crippen molar-refractivity contribution in [1.29, 1.82) is 5.26 Å². The van der Waals surface area contributed by atoms with Crippen LogP contribution in [0.15, 0.2) is 23.3 Å². The minimum Gasteiger partial charge on any atom is -0.272 e. The Morgan fingerprint density at radius 3 is 3.12 bits per heavy atom. The number of hydrogen-bond donors (Lipinski definition) is 1. The van der Waals surface area contributed by atoms with Crippen LogP contribution in [0.25, 0.3) is 0 Å². The van der Waals surface area contributed by atoms with Crippen molar-refractivity contribution >= 4 is 32.6 Å². The van der Waals surface area contributed by atoms with Crippen molar-refractivity contribution in [3.8, 4) is 6.19 Å². The van der Waals surface area contributed by atoms with Crippen LogP contribution in [0.2, 0.25) is 5.15 Å². The molecule has 0 fully saturated rings. The molecule has 1 aliphatic rings. The Labute approximate surface area is 101 Å². The van der Waals surface area contributed by atoms with E-state index in [1.54, 1.807) is 12.3 Å². The van der Waals surface area contributed by atoms with Crippen LogP contribution >= 0.6 is 22.1 Å². The highest BCUT2D eigenvalue weighted by Crippen LogP contribution is 2.23. The molecule has 16 heavy (non-hydrogen) atoms. The number of nitriles is 1. The first kappa shape index (κ1) is 11.1. The largest absolute Gasteiger partial charge is 0.272 e. The van der Waals surface area contributed by atoms with Crippen molar-refractivity contribution < 1.29 is 0 Å². The molecule has 1 N–H and O–H groups in total. The first-order chi connectivity index (χ1) is 7.79. The van der Waals surface area contributed by atoms with E-state index in [9.17, 15) is 0 Å². The van der Waals surface area contributed by atoms with Gasteiger partial charge in [-0.2, -0.15) is 5.26 Å². The van der Waals surface area contributed by atoms with Crippen molar-refractivity contribution in [2.75, 3.05) is 6.54 Å². The molecule has 82 valence electrons. The number of nitrogens with zero attached hydrogens (tertiary/aromatic N) is 3. The Hall–Kier alpha value is -1.38. The van der Waals surface area contributed by atoms with Gasteiger partial charge in [0, 0.05) is 11.9 Å². The van der Waals surface area contributed by atoms with Gasteiger partial charge in [0.25, 0.3) is 0 Å². The number of nitrogens with one attached hydrogen (secondary N) is 1. The van der Waals surface area contributed by atoms with Crippen molar-refractivity contribution in [3.63, 3.8) is 0 Å². The highest BCUT2D eigenvalue weighted by atomic mass is 35.5. The van der Waals surface area contributed by atoms with Gasteiger partial charge >= 0.3 is 0 Å². The standard InChI is InChI=1S/C10H9ClN4S/c11-9-2-1-8(5-14-9)6-16-4-3-13-10(16)15-7-12/h1-2,4-5H,3,6H2,(H,13,15). The van der Waals surface area contributed by atoms with Gasteiger partial charge < -0.3 is 0 Å². The van der Waals surface area contributed by atoms with E-state index in [2.05, 4.69) is 20.7 Å². The summed E-state index contributed by atoms with van der Waals surface area (Å²) in [4.78, 5) is 8.24. The van der Waals surface area contributed by atoms with E-state index in [0.717, 1.165) is 16.5 Å². The summed E-state index contributed by atoms with van der Waals surface area (Å²) >= 11 is 5.71. The molecule has 1 atom stereocenters. The molecule has 1 unspecified atom stereocenters. The van der Waals surface area contributed by atoms with Crippen LogP contribution in [0.4, 0.5) is 0 Å². The molecule has 0 bridgehead atoms. The quantitative estimate of drug-likeness (QED) is 0.378. The van der Waals surface area contributed by atoms with Crippen molar-refractivity contribution in [1.82, 2.24) is 10.3 Å². The molecule has 1 aromatic rings. The number of halogens is 1. The first-order valence-electron chi connectivity index (χ1n) is 4.62. The topological polar surface area (TPSA) is 61.1 Å². The van der Waals surface area contributed by atoms with Gasteiger partial charge in [-0.3, -0.25) is 10.3 Å². The van der Waals surface area contributed by atoms with Crippen LogP contribution in [-0.4, -0.2) is 22.1 Å². The lowest BCUT2D eigenvalue weighted by atomic mass is 10.3. The lowest BCUT2D eigenvalue weighted by molar-refractivity contribution is 1.24. The maximum absolute atomic E-state index is 8.57. The highest BCUT2D eigenvalue weighted by Gasteiger charge is 2.10. The van der Waals surface area contributed by atoms with Crippen LogP contribution < -0.4 is 5.32 Å². The van der Waals surface area contributed by atoms with E-state index in [0.29, 0.717) is 11.7 Å². The van der Waals surface area contributed by atoms with Crippen LogP contribution in [0, 0.1) is 11.5 Å². The van der Waals surface area contributed by atoms with E-state index < -0.39 is 0 Å². The summed E-state index contributed by atoms with van der Waals surface area (Å²) in [5.41, 5.74) is 1.10. The molecule has 0 saturated heterocycles. The molecule has 1 aromatic heterocycles. The number of aliphatic imine (C=N–C) groups is 1.